The summed E-state index contributed by atoms with van der Waals surface area (Å²) in [6.45, 7) is 2.64. The van der Waals surface area contributed by atoms with Crippen LogP contribution in [0.5, 0.6) is 11.5 Å². The molecule has 16 heteroatoms. The van der Waals surface area contributed by atoms with E-state index in [1.807, 2.05) is 60.7 Å². The molecule has 328 valence electrons. The van der Waals surface area contributed by atoms with Gasteiger partial charge in [0.15, 0.2) is 0 Å². The first-order valence-electron chi connectivity index (χ1n) is 19.7. The van der Waals surface area contributed by atoms with Gasteiger partial charge in [-0.15, -0.1) is 0 Å². The fourth-order valence-electron chi connectivity index (χ4n) is 5.79. The van der Waals surface area contributed by atoms with Crippen LogP contribution in [0.2, 0.25) is 0 Å². The second-order valence-electron chi connectivity index (χ2n) is 13.9. The maximum Gasteiger partial charge on any atom is 0.324 e. The molecule has 12 N–H and O–H groups in total. The third-order valence-corrected chi connectivity index (χ3v) is 9.44. The molecule has 0 saturated carbocycles. The van der Waals surface area contributed by atoms with Crippen molar-refractivity contribution in [2.24, 2.45) is 10.8 Å². The maximum absolute atomic E-state index is 9.72. The summed E-state index contributed by atoms with van der Waals surface area (Å²) in [5.74, 6) is 1.40. The van der Waals surface area contributed by atoms with E-state index in [0.29, 0.717) is 24.3 Å². The van der Waals surface area contributed by atoms with Crippen LogP contribution in [0.4, 0.5) is 0 Å². The van der Waals surface area contributed by atoms with E-state index in [4.69, 9.17) is 38.8 Å². The average molecular weight is 841 g/mol. The minimum Gasteiger partial charge on any atom is -0.490 e. The van der Waals surface area contributed by atoms with Gasteiger partial charge >= 0.3 is 17.2 Å². The molecule has 2 aromatic carbocycles. The fraction of sp³-hybridized carbons (Fsp3) is 0.700. The maximum atomic E-state index is 9.72. The van der Waals surface area contributed by atoms with Crippen molar-refractivity contribution >= 4 is 17.2 Å². The molecule has 0 fully saturated rings. The van der Waals surface area contributed by atoms with Crippen molar-refractivity contribution in [3.05, 3.63) is 60.7 Å². The van der Waals surface area contributed by atoms with Crippen molar-refractivity contribution in [2.45, 2.75) is 129 Å². The van der Waals surface area contributed by atoms with Gasteiger partial charge in [-0.2, -0.15) is 0 Å². The van der Waals surface area contributed by atoms with E-state index in [1.165, 1.54) is 64.2 Å². The molecule has 0 aliphatic rings. The minimum atomic E-state index is -2.62. The lowest BCUT2D eigenvalue weighted by molar-refractivity contribution is -0.0759. The Labute approximate surface area is 337 Å². The monoisotopic (exact) mass is 840 g/mol. The van der Waals surface area contributed by atoms with Gasteiger partial charge in [-0.1, -0.05) is 127 Å². The molecule has 0 saturated heterocycles. The molecule has 2 atom stereocenters. The molecule has 2 aromatic rings. The van der Waals surface area contributed by atoms with Crippen LogP contribution in [0.15, 0.2) is 60.7 Å². The van der Waals surface area contributed by atoms with Crippen molar-refractivity contribution in [3.63, 3.8) is 0 Å². The van der Waals surface area contributed by atoms with Crippen LogP contribution < -0.4 is 9.47 Å². The molecule has 14 nitrogen and oxygen atoms in total. The highest BCUT2D eigenvalue weighted by molar-refractivity contribution is 7.38. The van der Waals surface area contributed by atoms with Gasteiger partial charge in [0, 0.05) is 0 Å². The second-order valence-corrected chi connectivity index (χ2v) is 14.9. The van der Waals surface area contributed by atoms with Gasteiger partial charge in [-0.05, 0) is 49.9 Å². The van der Waals surface area contributed by atoms with E-state index in [2.05, 4.69) is 13.8 Å². The van der Waals surface area contributed by atoms with Gasteiger partial charge in [0.1, 0.15) is 23.7 Å². The van der Waals surface area contributed by atoms with E-state index >= 15 is 0 Å². The van der Waals surface area contributed by atoms with Crippen LogP contribution in [0.3, 0.4) is 0 Å². The summed E-state index contributed by atoms with van der Waals surface area (Å²) >= 11 is 0. The first kappa shape index (κ1) is 56.5. The Balaban J connectivity index is 0. The molecule has 2 rings (SSSR count). The molecular formula is C40H74O14P2. The highest BCUT2D eigenvalue weighted by atomic mass is 31.2. The van der Waals surface area contributed by atoms with Gasteiger partial charge < -0.3 is 69.5 Å². The van der Waals surface area contributed by atoms with Crippen molar-refractivity contribution in [1.29, 1.82) is 0 Å². The van der Waals surface area contributed by atoms with Crippen LogP contribution in [0.1, 0.15) is 117 Å². The van der Waals surface area contributed by atoms with Gasteiger partial charge in [-0.25, -0.2) is 0 Å². The predicted molar refractivity (Wildman–Crippen MR) is 221 cm³/mol. The van der Waals surface area contributed by atoms with Gasteiger partial charge in [0.25, 0.3) is 0 Å². The van der Waals surface area contributed by atoms with Crippen molar-refractivity contribution in [3.8, 4) is 11.5 Å². The zero-order valence-electron chi connectivity index (χ0n) is 33.6. The van der Waals surface area contributed by atoms with Crippen molar-refractivity contribution in [1.82, 2.24) is 0 Å². The summed E-state index contributed by atoms with van der Waals surface area (Å²) in [5, 5.41) is 58.3. The number of para-hydroxylation sites is 2. The molecule has 0 spiro atoms. The average Bonchev–Trinajstić information content (AvgIpc) is 3.19. The van der Waals surface area contributed by atoms with E-state index in [0.717, 1.165) is 25.7 Å². The lowest BCUT2D eigenvalue weighted by Gasteiger charge is -2.36. The van der Waals surface area contributed by atoms with Crippen LogP contribution in [0, 0.1) is 10.8 Å². The summed E-state index contributed by atoms with van der Waals surface area (Å²) in [6.07, 6.45) is 17.3. The first-order valence-corrected chi connectivity index (χ1v) is 22.1. The van der Waals surface area contributed by atoms with Crippen molar-refractivity contribution in [2.75, 3.05) is 39.6 Å². The topological polar surface area (TPSA) is 261 Å². The Morgan fingerprint density at radius 1 is 0.411 bits per heavy atom. The van der Waals surface area contributed by atoms with Crippen molar-refractivity contribution < 1.29 is 69.5 Å². The number of hydrogen-bond acceptors (Lipinski definition) is 14. The van der Waals surface area contributed by atoms with Gasteiger partial charge in [0.05, 0.1) is 50.5 Å². The number of benzene rings is 2. The van der Waals surface area contributed by atoms with Gasteiger partial charge in [0.2, 0.25) is 0 Å². The van der Waals surface area contributed by atoms with E-state index in [-0.39, 0.29) is 39.6 Å². The summed E-state index contributed by atoms with van der Waals surface area (Å²) in [6, 6.07) is 18.8. The highest BCUT2D eigenvalue weighted by Gasteiger charge is 2.40. The Morgan fingerprint density at radius 3 is 0.875 bits per heavy atom. The van der Waals surface area contributed by atoms with E-state index < -0.39 is 40.2 Å². The Bertz CT molecular complexity index is 974. The second kappa shape index (κ2) is 37.7. The normalized spacial score (nSPS) is 12.4. The highest BCUT2D eigenvalue weighted by Crippen LogP contribution is 2.31. The number of aliphatic hydroxyl groups excluding tert-OH is 6. The molecular weight excluding hydrogens is 766 g/mol. The Morgan fingerprint density at radius 2 is 0.643 bits per heavy atom. The Hall–Kier alpha value is -1.58. The summed E-state index contributed by atoms with van der Waals surface area (Å²) in [5.41, 5.74) is -2.03. The van der Waals surface area contributed by atoms with Crippen LogP contribution >= 0.6 is 17.2 Å². The summed E-state index contributed by atoms with van der Waals surface area (Å²) in [4.78, 5) is 43.4. The SMILES string of the molecule is CCCCCCCCCC(Oc1ccccc1)C(CO)(CO)CO.CCCCCCCCCC(Oc1ccccc1)C(CO)(CO)CO.OP(O)O.OP(O)O. The smallest absolute Gasteiger partial charge is 0.324 e. The number of rotatable bonds is 28. The number of unbranched alkanes of at least 4 members (excludes halogenated alkanes) is 12. The molecule has 0 bridgehead atoms. The van der Waals surface area contributed by atoms with Crippen LogP contribution in [-0.2, 0) is 0 Å². The molecule has 2 unspecified atom stereocenters. The van der Waals surface area contributed by atoms with E-state index in [9.17, 15) is 30.6 Å². The Kier molecular flexibility index (Phi) is 38.0. The number of aliphatic hydroxyl groups is 6. The molecule has 0 aliphatic carbocycles. The van der Waals surface area contributed by atoms with Crippen LogP contribution in [0.25, 0.3) is 0 Å². The zero-order chi connectivity index (χ0) is 42.5. The third kappa shape index (κ3) is 27.9. The van der Waals surface area contributed by atoms with Crippen LogP contribution in [-0.4, -0.2) is 112 Å². The lowest BCUT2D eigenvalue weighted by atomic mass is 9.81. The lowest BCUT2D eigenvalue weighted by Crippen LogP contribution is -2.48. The molecule has 0 amide bonds. The predicted octanol–water partition coefficient (Wildman–Crippen LogP) is 5.46. The largest absolute Gasteiger partial charge is 0.490 e. The summed E-state index contributed by atoms with van der Waals surface area (Å²) < 4.78 is 12.0. The standard InChI is InChI=1S/2C20H34O4.2H3O3P/c2*1-2-3-4-5-6-7-11-14-19(20(15-21,16-22)17-23)24-18-12-9-8-10-13-18;2*1-4(2)3/h2*8-10,12-13,19,21-23H,2-7,11,14-17H2,1H3;2*1-3H. The zero-order valence-corrected chi connectivity index (χ0v) is 35.4. The first-order chi connectivity index (χ1) is 26.9. The third-order valence-electron chi connectivity index (χ3n) is 9.44. The number of ether oxygens (including phenoxy) is 2. The van der Waals surface area contributed by atoms with E-state index in [1.54, 1.807) is 0 Å². The number of hydrogen-bond donors (Lipinski definition) is 12. The molecule has 0 aliphatic heterocycles. The molecule has 0 heterocycles. The fourth-order valence-corrected chi connectivity index (χ4v) is 5.79. The summed E-state index contributed by atoms with van der Waals surface area (Å²) in [7, 11) is -5.24. The van der Waals surface area contributed by atoms with Gasteiger partial charge in [-0.3, -0.25) is 0 Å². The minimum absolute atomic E-state index is 0.298. The molecule has 0 radical (unpaired) electrons. The molecule has 0 aromatic heterocycles. The molecule has 56 heavy (non-hydrogen) atoms. The quantitative estimate of drug-likeness (QED) is 0.0376.